The minimum Gasteiger partial charge on any atom is -0.457 e. The van der Waals surface area contributed by atoms with Crippen molar-refractivity contribution >= 4 is 11.7 Å². The van der Waals surface area contributed by atoms with Crippen molar-refractivity contribution in [3.63, 3.8) is 0 Å². The Morgan fingerprint density at radius 1 is 1.00 bits per heavy atom. The van der Waals surface area contributed by atoms with E-state index in [1.54, 1.807) is 31.3 Å². The van der Waals surface area contributed by atoms with Gasteiger partial charge < -0.3 is 10.1 Å². The van der Waals surface area contributed by atoms with Gasteiger partial charge in [-0.05, 0) is 48.9 Å². The molecule has 136 valence electrons. The molecule has 3 rings (SSSR count). The summed E-state index contributed by atoms with van der Waals surface area (Å²) >= 11 is 0. The lowest BCUT2D eigenvalue weighted by Crippen LogP contribution is -2.35. The molecule has 1 atom stereocenters. The van der Waals surface area contributed by atoms with E-state index in [1.165, 1.54) is 5.56 Å². The normalized spacial score (nSPS) is 16.2. The molecule has 2 aromatic rings. The summed E-state index contributed by atoms with van der Waals surface area (Å²) in [6, 6.07) is 15.4. The number of carbonyl (C=O) groups excluding carboxylic acids is 2. The predicted octanol–water partition coefficient (Wildman–Crippen LogP) is 3.56. The lowest BCUT2D eigenvalue weighted by molar-refractivity contribution is -0.121. The molecule has 0 saturated carbocycles. The van der Waals surface area contributed by atoms with Crippen molar-refractivity contribution in [3.05, 3.63) is 59.7 Å². The smallest absolute Gasteiger partial charge is 0.251 e. The Morgan fingerprint density at radius 2 is 1.54 bits per heavy atom. The van der Waals surface area contributed by atoms with Gasteiger partial charge in [-0.15, -0.1) is 0 Å². The third-order valence-corrected chi connectivity index (χ3v) is 4.85. The summed E-state index contributed by atoms with van der Waals surface area (Å²) in [7, 11) is 1.61. The number of rotatable bonds is 5. The maximum atomic E-state index is 11.6. The fraction of sp³-hybridized carbons (Fsp3) is 0.333. The van der Waals surface area contributed by atoms with Gasteiger partial charge in [-0.3, -0.25) is 14.5 Å². The topological polar surface area (TPSA) is 58.6 Å². The van der Waals surface area contributed by atoms with Crippen LogP contribution in [0.3, 0.4) is 0 Å². The highest BCUT2D eigenvalue weighted by Gasteiger charge is 2.21. The van der Waals surface area contributed by atoms with Crippen LogP contribution in [0.1, 0.15) is 41.7 Å². The fourth-order valence-corrected chi connectivity index (χ4v) is 3.14. The molecule has 1 saturated heterocycles. The number of likely N-dealkylation sites (tertiary alicyclic amines) is 1. The Bertz CT molecular complexity index is 759. The summed E-state index contributed by atoms with van der Waals surface area (Å²) in [5.74, 6) is 1.68. The first-order chi connectivity index (χ1) is 12.6. The Hall–Kier alpha value is -2.66. The second-order valence-electron chi connectivity index (χ2n) is 6.53. The van der Waals surface area contributed by atoms with Crippen LogP contribution in [0.5, 0.6) is 11.5 Å². The third-order valence-electron chi connectivity index (χ3n) is 4.85. The molecule has 1 fully saturated rings. The van der Waals surface area contributed by atoms with Crippen molar-refractivity contribution in [2.75, 3.05) is 20.1 Å². The van der Waals surface area contributed by atoms with E-state index in [0.717, 1.165) is 18.8 Å². The van der Waals surface area contributed by atoms with E-state index in [2.05, 4.69) is 29.3 Å². The van der Waals surface area contributed by atoms with Crippen LogP contribution in [0.4, 0.5) is 0 Å². The average Bonchev–Trinajstić information content (AvgIpc) is 2.68. The first-order valence-corrected chi connectivity index (χ1v) is 8.92. The number of carbonyl (C=O) groups is 2. The SMILES string of the molecule is CNC(=O)c1ccc(Oc2ccc(C(C)N3CCC(=O)CC3)cc2)cc1. The molecular weight excluding hydrogens is 328 g/mol. The summed E-state index contributed by atoms with van der Waals surface area (Å²) in [6.07, 6.45) is 1.30. The van der Waals surface area contributed by atoms with Gasteiger partial charge in [0.05, 0.1) is 0 Å². The van der Waals surface area contributed by atoms with Gasteiger partial charge in [-0.25, -0.2) is 0 Å². The van der Waals surface area contributed by atoms with E-state index in [-0.39, 0.29) is 11.9 Å². The minimum atomic E-state index is -0.116. The minimum absolute atomic E-state index is 0.116. The molecule has 0 bridgehead atoms. The summed E-state index contributed by atoms with van der Waals surface area (Å²) in [5, 5.41) is 2.59. The Kier molecular flexibility index (Phi) is 5.68. The molecule has 5 nitrogen and oxygen atoms in total. The molecular formula is C21H24N2O3. The number of hydrogen-bond acceptors (Lipinski definition) is 4. The number of ketones is 1. The van der Waals surface area contributed by atoms with Gasteiger partial charge in [0.1, 0.15) is 17.3 Å². The van der Waals surface area contributed by atoms with Gasteiger partial charge in [0, 0.05) is 44.6 Å². The highest BCUT2D eigenvalue weighted by atomic mass is 16.5. The van der Waals surface area contributed by atoms with E-state index in [0.29, 0.717) is 29.9 Å². The van der Waals surface area contributed by atoms with Gasteiger partial charge in [0.15, 0.2) is 0 Å². The standard InChI is InChI=1S/C21H24N2O3/c1-15(23-13-11-18(24)12-14-23)16-3-7-19(8-4-16)26-20-9-5-17(6-10-20)21(25)22-2/h3-10,15H,11-14H2,1-2H3,(H,22,25). The number of nitrogens with zero attached hydrogens (tertiary/aromatic N) is 1. The van der Waals surface area contributed by atoms with Crippen LogP contribution in [0.25, 0.3) is 0 Å². The molecule has 0 spiro atoms. The van der Waals surface area contributed by atoms with Gasteiger partial charge in [0.25, 0.3) is 5.91 Å². The number of piperidine rings is 1. The summed E-state index contributed by atoms with van der Waals surface area (Å²) in [5.41, 5.74) is 1.81. The second-order valence-corrected chi connectivity index (χ2v) is 6.53. The lowest BCUT2D eigenvalue weighted by Gasteiger charge is -2.32. The zero-order chi connectivity index (χ0) is 18.5. The van der Waals surface area contributed by atoms with E-state index in [1.807, 2.05) is 12.1 Å². The van der Waals surface area contributed by atoms with E-state index in [9.17, 15) is 9.59 Å². The Balaban J connectivity index is 1.62. The Morgan fingerprint density at radius 3 is 2.08 bits per heavy atom. The molecule has 26 heavy (non-hydrogen) atoms. The lowest BCUT2D eigenvalue weighted by atomic mass is 10.0. The van der Waals surface area contributed by atoms with Crippen molar-refractivity contribution in [3.8, 4) is 11.5 Å². The molecule has 5 heteroatoms. The van der Waals surface area contributed by atoms with Gasteiger partial charge in [-0.1, -0.05) is 12.1 Å². The van der Waals surface area contributed by atoms with E-state index in [4.69, 9.17) is 4.74 Å². The molecule has 1 aliphatic rings. The van der Waals surface area contributed by atoms with Crippen molar-refractivity contribution in [1.82, 2.24) is 10.2 Å². The molecule has 0 aliphatic carbocycles. The van der Waals surface area contributed by atoms with Crippen molar-refractivity contribution in [1.29, 1.82) is 0 Å². The van der Waals surface area contributed by atoms with Crippen LogP contribution < -0.4 is 10.1 Å². The van der Waals surface area contributed by atoms with Gasteiger partial charge >= 0.3 is 0 Å². The maximum Gasteiger partial charge on any atom is 0.251 e. The molecule has 1 N–H and O–H groups in total. The predicted molar refractivity (Wildman–Crippen MR) is 101 cm³/mol. The molecule has 2 aromatic carbocycles. The van der Waals surface area contributed by atoms with Gasteiger partial charge in [0.2, 0.25) is 0 Å². The largest absolute Gasteiger partial charge is 0.457 e. The van der Waals surface area contributed by atoms with Crippen LogP contribution >= 0.6 is 0 Å². The van der Waals surface area contributed by atoms with Crippen LogP contribution in [-0.2, 0) is 4.79 Å². The number of benzene rings is 2. The summed E-state index contributed by atoms with van der Waals surface area (Å²) in [6.45, 7) is 3.83. The molecule has 0 aromatic heterocycles. The van der Waals surface area contributed by atoms with Crippen LogP contribution in [0.2, 0.25) is 0 Å². The molecule has 1 aliphatic heterocycles. The quantitative estimate of drug-likeness (QED) is 0.894. The van der Waals surface area contributed by atoms with Crippen LogP contribution in [0.15, 0.2) is 48.5 Å². The zero-order valence-corrected chi connectivity index (χ0v) is 15.2. The maximum absolute atomic E-state index is 11.6. The highest BCUT2D eigenvalue weighted by molar-refractivity contribution is 5.94. The van der Waals surface area contributed by atoms with Crippen molar-refractivity contribution in [2.45, 2.75) is 25.8 Å². The first kappa shape index (κ1) is 18.1. The third kappa shape index (κ3) is 4.29. The molecule has 1 unspecified atom stereocenters. The number of amides is 1. The number of ether oxygens (including phenoxy) is 1. The number of Topliss-reactive ketones (excluding diaryl/α,β-unsaturated/α-hetero) is 1. The molecule has 1 heterocycles. The fourth-order valence-electron chi connectivity index (χ4n) is 3.14. The van der Waals surface area contributed by atoms with Crippen molar-refractivity contribution < 1.29 is 14.3 Å². The second kappa shape index (κ2) is 8.15. The van der Waals surface area contributed by atoms with Crippen LogP contribution in [0, 0.1) is 0 Å². The average molecular weight is 352 g/mol. The highest BCUT2D eigenvalue weighted by Crippen LogP contribution is 2.27. The van der Waals surface area contributed by atoms with Crippen molar-refractivity contribution in [2.24, 2.45) is 0 Å². The number of hydrogen-bond donors (Lipinski definition) is 1. The van der Waals surface area contributed by atoms with E-state index >= 15 is 0 Å². The van der Waals surface area contributed by atoms with Crippen LogP contribution in [-0.4, -0.2) is 36.7 Å². The monoisotopic (exact) mass is 352 g/mol. The number of nitrogens with one attached hydrogen (secondary N) is 1. The molecule has 1 amide bonds. The zero-order valence-electron chi connectivity index (χ0n) is 15.2. The summed E-state index contributed by atoms with van der Waals surface area (Å²) < 4.78 is 5.85. The first-order valence-electron chi connectivity index (χ1n) is 8.92. The molecule has 0 radical (unpaired) electrons. The Labute approximate surface area is 154 Å². The van der Waals surface area contributed by atoms with Gasteiger partial charge in [-0.2, -0.15) is 0 Å². The van der Waals surface area contributed by atoms with E-state index < -0.39 is 0 Å². The summed E-state index contributed by atoms with van der Waals surface area (Å²) in [4.78, 5) is 25.3.